The normalized spacial score (nSPS) is 21.8. The fourth-order valence-electron chi connectivity index (χ4n) is 3.04. The Labute approximate surface area is 120 Å². The number of methoxy groups -OCH3 is 1. The van der Waals surface area contributed by atoms with E-state index < -0.39 is 5.41 Å². The number of hydrogen-bond acceptors (Lipinski definition) is 4. The van der Waals surface area contributed by atoms with Crippen molar-refractivity contribution in [2.45, 2.75) is 25.7 Å². The van der Waals surface area contributed by atoms with Gasteiger partial charge in [-0.2, -0.15) is 0 Å². The van der Waals surface area contributed by atoms with Crippen LogP contribution in [0.15, 0.2) is 0 Å². The predicted octanol–water partition coefficient (Wildman–Crippen LogP) is -0.259. The van der Waals surface area contributed by atoms with Gasteiger partial charge in [0.2, 0.25) is 11.8 Å². The van der Waals surface area contributed by atoms with Crippen molar-refractivity contribution in [1.29, 1.82) is 0 Å². The van der Waals surface area contributed by atoms with Gasteiger partial charge in [0, 0.05) is 20.2 Å². The highest BCUT2D eigenvalue weighted by Gasteiger charge is 2.39. The fourth-order valence-corrected chi connectivity index (χ4v) is 3.04. The Morgan fingerprint density at radius 2 is 1.90 bits per heavy atom. The summed E-state index contributed by atoms with van der Waals surface area (Å²) >= 11 is 0. The molecule has 0 saturated carbocycles. The second kappa shape index (κ2) is 7.04. The third-order valence-electron chi connectivity index (χ3n) is 4.32. The molecule has 6 heteroatoms. The average Bonchev–Trinajstić information content (AvgIpc) is 3.00. The molecule has 0 spiro atoms. The molecule has 2 aliphatic rings. The summed E-state index contributed by atoms with van der Waals surface area (Å²) < 4.78 is 5.23. The third-order valence-corrected chi connectivity index (χ3v) is 4.32. The second-order valence-electron chi connectivity index (χ2n) is 5.73. The SMILES string of the molecule is COCC1(C(=O)NCC(=O)N2CCCC2)CCNCC1. The van der Waals surface area contributed by atoms with Gasteiger partial charge in [0.05, 0.1) is 18.6 Å². The zero-order valence-electron chi connectivity index (χ0n) is 12.2. The second-order valence-corrected chi connectivity index (χ2v) is 5.73. The maximum atomic E-state index is 12.4. The molecule has 20 heavy (non-hydrogen) atoms. The summed E-state index contributed by atoms with van der Waals surface area (Å²) in [6.45, 7) is 3.80. The molecule has 2 fully saturated rings. The first-order valence-electron chi connectivity index (χ1n) is 7.44. The van der Waals surface area contributed by atoms with Crippen LogP contribution in [0.25, 0.3) is 0 Å². The molecule has 2 amide bonds. The maximum absolute atomic E-state index is 12.4. The van der Waals surface area contributed by atoms with Crippen LogP contribution in [0.1, 0.15) is 25.7 Å². The van der Waals surface area contributed by atoms with Crippen LogP contribution >= 0.6 is 0 Å². The lowest BCUT2D eigenvalue weighted by molar-refractivity contribution is -0.139. The van der Waals surface area contributed by atoms with Gasteiger partial charge in [-0.25, -0.2) is 0 Å². The van der Waals surface area contributed by atoms with Crippen LogP contribution in [-0.4, -0.2) is 63.2 Å². The van der Waals surface area contributed by atoms with Crippen LogP contribution in [0.3, 0.4) is 0 Å². The van der Waals surface area contributed by atoms with Gasteiger partial charge >= 0.3 is 0 Å². The van der Waals surface area contributed by atoms with E-state index in [4.69, 9.17) is 4.74 Å². The lowest BCUT2D eigenvalue weighted by Gasteiger charge is -2.35. The summed E-state index contributed by atoms with van der Waals surface area (Å²) in [6, 6.07) is 0. The molecular weight excluding hydrogens is 258 g/mol. The van der Waals surface area contributed by atoms with E-state index in [2.05, 4.69) is 10.6 Å². The van der Waals surface area contributed by atoms with Crippen molar-refractivity contribution >= 4 is 11.8 Å². The van der Waals surface area contributed by atoms with Crippen LogP contribution < -0.4 is 10.6 Å². The zero-order valence-corrected chi connectivity index (χ0v) is 12.2. The Kier molecular flexibility index (Phi) is 5.37. The minimum Gasteiger partial charge on any atom is -0.384 e. The van der Waals surface area contributed by atoms with Gasteiger partial charge < -0.3 is 20.3 Å². The number of piperidine rings is 1. The van der Waals surface area contributed by atoms with Crippen LogP contribution in [0.2, 0.25) is 0 Å². The monoisotopic (exact) mass is 283 g/mol. The van der Waals surface area contributed by atoms with Crippen LogP contribution in [-0.2, 0) is 14.3 Å². The predicted molar refractivity (Wildman–Crippen MR) is 75.2 cm³/mol. The summed E-state index contributed by atoms with van der Waals surface area (Å²) in [5, 5.41) is 6.07. The summed E-state index contributed by atoms with van der Waals surface area (Å²) in [6.07, 6.45) is 3.65. The summed E-state index contributed by atoms with van der Waals surface area (Å²) in [5.41, 5.74) is -0.481. The van der Waals surface area contributed by atoms with Gasteiger partial charge in [0.1, 0.15) is 0 Å². The molecule has 0 radical (unpaired) electrons. The van der Waals surface area contributed by atoms with E-state index in [1.165, 1.54) is 0 Å². The van der Waals surface area contributed by atoms with Crippen molar-refractivity contribution in [3.63, 3.8) is 0 Å². The molecule has 0 aromatic carbocycles. The Balaban J connectivity index is 1.86. The fraction of sp³-hybridized carbons (Fsp3) is 0.857. The lowest BCUT2D eigenvalue weighted by atomic mass is 9.78. The Morgan fingerprint density at radius 3 is 2.50 bits per heavy atom. The molecule has 6 nitrogen and oxygen atoms in total. The number of nitrogens with zero attached hydrogens (tertiary/aromatic N) is 1. The largest absolute Gasteiger partial charge is 0.384 e. The van der Waals surface area contributed by atoms with Gasteiger partial charge in [-0.1, -0.05) is 0 Å². The molecular formula is C14H25N3O3. The molecule has 2 N–H and O–H groups in total. The number of hydrogen-bond donors (Lipinski definition) is 2. The summed E-state index contributed by atoms with van der Waals surface area (Å²) in [7, 11) is 1.62. The molecule has 0 unspecified atom stereocenters. The van der Waals surface area contributed by atoms with Crippen LogP contribution in [0, 0.1) is 5.41 Å². The molecule has 2 rings (SSSR count). The van der Waals surface area contributed by atoms with E-state index in [1.54, 1.807) is 7.11 Å². The van der Waals surface area contributed by atoms with Crippen LogP contribution in [0.4, 0.5) is 0 Å². The highest BCUT2D eigenvalue weighted by Crippen LogP contribution is 2.29. The molecule has 0 aliphatic carbocycles. The number of rotatable bonds is 5. The number of ether oxygens (including phenoxy) is 1. The number of carbonyl (C=O) groups excluding carboxylic acids is 2. The van der Waals surface area contributed by atoms with Gasteiger partial charge in [-0.05, 0) is 38.8 Å². The topological polar surface area (TPSA) is 70.7 Å². The van der Waals surface area contributed by atoms with E-state index in [0.717, 1.165) is 51.9 Å². The molecule has 0 atom stereocenters. The highest BCUT2D eigenvalue weighted by molar-refractivity contribution is 5.88. The van der Waals surface area contributed by atoms with Gasteiger partial charge in [-0.3, -0.25) is 9.59 Å². The van der Waals surface area contributed by atoms with Crippen LogP contribution in [0.5, 0.6) is 0 Å². The first-order valence-corrected chi connectivity index (χ1v) is 7.44. The maximum Gasteiger partial charge on any atom is 0.241 e. The third kappa shape index (κ3) is 3.49. The minimum atomic E-state index is -0.481. The smallest absolute Gasteiger partial charge is 0.241 e. The Bertz CT molecular complexity index is 342. The van der Waals surface area contributed by atoms with Gasteiger partial charge in [0.25, 0.3) is 0 Å². The summed E-state index contributed by atoms with van der Waals surface area (Å²) in [4.78, 5) is 26.2. The standard InChI is InChI=1S/C14H25N3O3/c1-20-11-14(4-6-15-7-5-14)13(19)16-10-12(18)17-8-2-3-9-17/h15H,2-11H2,1H3,(H,16,19). The number of amides is 2. The van der Waals surface area contributed by atoms with E-state index in [1.807, 2.05) is 4.90 Å². The zero-order chi connectivity index (χ0) is 14.4. The number of likely N-dealkylation sites (tertiary alicyclic amines) is 1. The molecule has 2 saturated heterocycles. The van der Waals surface area contributed by atoms with Crippen molar-refractivity contribution in [2.24, 2.45) is 5.41 Å². The van der Waals surface area contributed by atoms with Crippen molar-refractivity contribution in [1.82, 2.24) is 15.5 Å². The average molecular weight is 283 g/mol. The molecule has 2 heterocycles. The lowest BCUT2D eigenvalue weighted by Crippen LogP contribution is -2.52. The Hall–Kier alpha value is -1.14. The van der Waals surface area contributed by atoms with Gasteiger partial charge in [-0.15, -0.1) is 0 Å². The van der Waals surface area contributed by atoms with Crippen molar-refractivity contribution in [3.05, 3.63) is 0 Å². The van der Waals surface area contributed by atoms with E-state index in [0.29, 0.717) is 6.61 Å². The molecule has 0 aromatic rings. The van der Waals surface area contributed by atoms with Gasteiger partial charge in [0.15, 0.2) is 0 Å². The first-order chi connectivity index (χ1) is 9.68. The minimum absolute atomic E-state index is 0.0253. The molecule has 114 valence electrons. The van der Waals surface area contributed by atoms with E-state index in [9.17, 15) is 9.59 Å². The Morgan fingerprint density at radius 1 is 1.25 bits per heavy atom. The molecule has 0 bridgehead atoms. The van der Waals surface area contributed by atoms with Crippen molar-refractivity contribution in [2.75, 3.05) is 46.4 Å². The first kappa shape index (κ1) is 15.3. The van der Waals surface area contributed by atoms with Crippen molar-refractivity contribution < 1.29 is 14.3 Å². The summed E-state index contributed by atoms with van der Waals surface area (Å²) in [5.74, 6) is -0.0225. The molecule has 0 aromatic heterocycles. The molecule has 2 aliphatic heterocycles. The van der Waals surface area contributed by atoms with E-state index in [-0.39, 0.29) is 18.4 Å². The van der Waals surface area contributed by atoms with E-state index >= 15 is 0 Å². The quantitative estimate of drug-likeness (QED) is 0.729. The van der Waals surface area contributed by atoms with Crippen molar-refractivity contribution in [3.8, 4) is 0 Å². The number of nitrogens with one attached hydrogen (secondary N) is 2. The number of carbonyl (C=O) groups is 2. The highest BCUT2D eigenvalue weighted by atomic mass is 16.5.